The van der Waals surface area contributed by atoms with Gasteiger partial charge in [-0.3, -0.25) is 4.79 Å². The van der Waals surface area contributed by atoms with Gasteiger partial charge in [-0.05, 0) is 41.8 Å². The number of nitrogens with zero attached hydrogens (tertiary/aromatic N) is 5. The van der Waals surface area contributed by atoms with Crippen LogP contribution in [0.3, 0.4) is 0 Å². The number of carbonyl (C=O) groups excluding carboxylic acids is 1. The summed E-state index contributed by atoms with van der Waals surface area (Å²) < 4.78 is 5.52. The van der Waals surface area contributed by atoms with E-state index in [0.717, 1.165) is 81.1 Å². The fourth-order valence-electron chi connectivity index (χ4n) is 6.08. The number of morpholine rings is 1. The molecule has 3 aromatic rings. The molecule has 1 aliphatic carbocycles. The minimum atomic E-state index is -0.400. The van der Waals surface area contributed by atoms with Crippen molar-refractivity contribution in [3.8, 4) is 6.07 Å². The molecule has 0 atom stereocenters. The maximum Gasteiger partial charge on any atom is 0.195 e. The molecule has 0 unspecified atom stereocenters. The summed E-state index contributed by atoms with van der Waals surface area (Å²) in [7, 11) is 0. The lowest BCUT2D eigenvalue weighted by Crippen LogP contribution is -2.56. The number of pyridine rings is 1. The molecule has 8 heteroatoms. The van der Waals surface area contributed by atoms with Crippen molar-refractivity contribution in [2.45, 2.75) is 32.6 Å². The second-order valence-corrected chi connectivity index (χ2v) is 10.4. The van der Waals surface area contributed by atoms with Gasteiger partial charge in [-0.2, -0.15) is 5.26 Å². The first-order chi connectivity index (χ1) is 17.4. The predicted molar refractivity (Wildman–Crippen MR) is 138 cm³/mol. The summed E-state index contributed by atoms with van der Waals surface area (Å²) in [4.78, 5) is 24.2. The monoisotopic (exact) mass is 484 g/mol. The summed E-state index contributed by atoms with van der Waals surface area (Å²) in [6.07, 6.45) is 0.869. The van der Waals surface area contributed by atoms with Crippen LogP contribution >= 0.6 is 0 Å². The fraction of sp³-hybridized carbons (Fsp3) is 0.464. The van der Waals surface area contributed by atoms with Gasteiger partial charge >= 0.3 is 0 Å². The van der Waals surface area contributed by atoms with Crippen LogP contribution in [0.15, 0.2) is 24.3 Å². The maximum atomic E-state index is 13.9. The number of aryl methyl sites for hydroxylation is 1. The molecule has 2 aromatic heterocycles. The van der Waals surface area contributed by atoms with E-state index >= 15 is 0 Å². The van der Waals surface area contributed by atoms with Gasteiger partial charge in [0.1, 0.15) is 17.4 Å². The lowest BCUT2D eigenvalue weighted by Gasteiger charge is -2.44. The summed E-state index contributed by atoms with van der Waals surface area (Å²) in [6.45, 7) is 13.9. The van der Waals surface area contributed by atoms with Gasteiger partial charge in [0.15, 0.2) is 5.78 Å². The summed E-state index contributed by atoms with van der Waals surface area (Å²) in [6, 6.07) is 10.0. The van der Waals surface area contributed by atoms with Gasteiger partial charge in [0.25, 0.3) is 0 Å². The van der Waals surface area contributed by atoms with Crippen molar-refractivity contribution in [2.24, 2.45) is 0 Å². The second-order valence-electron chi connectivity index (χ2n) is 10.4. The van der Waals surface area contributed by atoms with E-state index in [1.165, 1.54) is 11.3 Å². The highest BCUT2D eigenvalue weighted by atomic mass is 16.5. The molecule has 6 rings (SSSR count). The second kappa shape index (κ2) is 8.70. The molecule has 0 saturated carbocycles. The summed E-state index contributed by atoms with van der Waals surface area (Å²) in [5.41, 5.74) is 6.40. The highest BCUT2D eigenvalue weighted by Gasteiger charge is 2.41. The highest BCUT2D eigenvalue weighted by Crippen LogP contribution is 2.45. The Kier molecular flexibility index (Phi) is 5.60. The van der Waals surface area contributed by atoms with Crippen LogP contribution < -0.4 is 4.90 Å². The number of ketones is 1. The Balaban J connectivity index is 1.37. The van der Waals surface area contributed by atoms with E-state index in [0.29, 0.717) is 16.9 Å². The smallest absolute Gasteiger partial charge is 0.195 e. The number of aromatic nitrogens is 2. The predicted octanol–water partition coefficient (Wildman–Crippen LogP) is 3.24. The summed E-state index contributed by atoms with van der Waals surface area (Å²) in [5, 5.41) is 15.0. The molecule has 2 aliphatic heterocycles. The molecule has 2 saturated heterocycles. The minimum Gasteiger partial charge on any atom is -0.379 e. The molecule has 0 radical (unpaired) electrons. The third-order valence-electron chi connectivity index (χ3n) is 8.13. The van der Waals surface area contributed by atoms with Crippen molar-refractivity contribution in [2.75, 3.05) is 57.4 Å². The molecular weight excluding hydrogens is 452 g/mol. The lowest BCUT2D eigenvalue weighted by molar-refractivity contribution is -0.0920. The molecule has 3 aliphatic rings. The number of anilines is 1. The first kappa shape index (κ1) is 23.2. The van der Waals surface area contributed by atoms with Crippen LogP contribution in [-0.4, -0.2) is 78.3 Å². The molecule has 0 bridgehead atoms. The number of hydrogen-bond acceptors (Lipinski definition) is 7. The first-order valence-electron chi connectivity index (χ1n) is 12.9. The quantitative estimate of drug-likeness (QED) is 0.611. The van der Waals surface area contributed by atoms with E-state index in [1.54, 1.807) is 6.07 Å². The zero-order chi connectivity index (χ0) is 25.0. The minimum absolute atomic E-state index is 0.0375. The third-order valence-corrected chi connectivity index (χ3v) is 8.13. The lowest BCUT2D eigenvalue weighted by atomic mass is 9.70. The molecule has 1 aromatic carbocycles. The summed E-state index contributed by atoms with van der Waals surface area (Å²) >= 11 is 0. The van der Waals surface area contributed by atoms with Crippen LogP contribution in [0.2, 0.25) is 0 Å². The number of rotatable bonds is 3. The number of fused-ring (bicyclic) bond motifs is 4. The van der Waals surface area contributed by atoms with Crippen molar-refractivity contribution < 1.29 is 9.53 Å². The van der Waals surface area contributed by atoms with Crippen molar-refractivity contribution in [3.05, 3.63) is 57.9 Å². The molecule has 2 fully saturated rings. The summed E-state index contributed by atoms with van der Waals surface area (Å²) in [5.74, 6) is 0.0375. The average molecular weight is 485 g/mol. The van der Waals surface area contributed by atoms with Gasteiger partial charge in [-0.25, -0.2) is 15.0 Å². The number of ether oxygens (including phenoxy) is 1. The largest absolute Gasteiger partial charge is 0.379 e. The van der Waals surface area contributed by atoms with Crippen LogP contribution in [0.5, 0.6) is 0 Å². The van der Waals surface area contributed by atoms with Gasteiger partial charge in [0, 0.05) is 67.0 Å². The van der Waals surface area contributed by atoms with Crippen LogP contribution in [0, 0.1) is 11.3 Å². The first-order valence-corrected chi connectivity index (χ1v) is 12.9. The van der Waals surface area contributed by atoms with E-state index in [9.17, 15) is 10.1 Å². The molecule has 0 amide bonds. The number of nitrogens with one attached hydrogen (secondary N) is 1. The van der Waals surface area contributed by atoms with E-state index in [-0.39, 0.29) is 5.78 Å². The Hall–Kier alpha value is -3.25. The van der Waals surface area contributed by atoms with E-state index in [4.69, 9.17) is 4.74 Å². The SMILES string of the molecule is CCc1cc2c(cc1N1CCN(N3CCOCC3)CC1)C(C)(C)c1[nH]c3nc(C#N)ccc3c1C2=O. The topological polar surface area (TPSA) is 88.5 Å². The van der Waals surface area contributed by atoms with Gasteiger partial charge < -0.3 is 14.6 Å². The number of hydrazine groups is 1. The third kappa shape index (κ3) is 3.53. The number of piperazine rings is 1. The molecule has 0 spiro atoms. The van der Waals surface area contributed by atoms with Gasteiger partial charge in [-0.15, -0.1) is 0 Å². The highest BCUT2D eigenvalue weighted by molar-refractivity contribution is 6.20. The average Bonchev–Trinajstić information content (AvgIpc) is 3.32. The number of aromatic amines is 1. The van der Waals surface area contributed by atoms with E-state index in [2.05, 4.69) is 63.9 Å². The van der Waals surface area contributed by atoms with Gasteiger partial charge in [-0.1, -0.05) is 20.8 Å². The number of hydrogen-bond donors (Lipinski definition) is 1. The van der Waals surface area contributed by atoms with Crippen molar-refractivity contribution in [3.63, 3.8) is 0 Å². The molecular formula is C28H32N6O2. The fourth-order valence-corrected chi connectivity index (χ4v) is 6.08. The van der Waals surface area contributed by atoms with Crippen molar-refractivity contribution >= 4 is 22.5 Å². The zero-order valence-corrected chi connectivity index (χ0v) is 21.2. The number of carbonyl (C=O) groups is 1. The van der Waals surface area contributed by atoms with Crippen LogP contribution in [-0.2, 0) is 16.6 Å². The Morgan fingerprint density at radius 3 is 2.50 bits per heavy atom. The Labute approximate surface area is 211 Å². The molecule has 4 heterocycles. The molecule has 8 nitrogen and oxygen atoms in total. The zero-order valence-electron chi connectivity index (χ0n) is 21.2. The van der Waals surface area contributed by atoms with Crippen LogP contribution in [0.1, 0.15) is 59.2 Å². The molecule has 36 heavy (non-hydrogen) atoms. The number of nitriles is 1. The van der Waals surface area contributed by atoms with Crippen LogP contribution in [0.25, 0.3) is 11.0 Å². The van der Waals surface area contributed by atoms with Crippen molar-refractivity contribution in [1.82, 2.24) is 20.0 Å². The molecule has 186 valence electrons. The normalized spacial score (nSPS) is 20.3. The Bertz CT molecular complexity index is 1390. The van der Waals surface area contributed by atoms with Gasteiger partial charge in [0.2, 0.25) is 0 Å². The number of benzene rings is 1. The van der Waals surface area contributed by atoms with Crippen molar-refractivity contribution in [1.29, 1.82) is 5.26 Å². The van der Waals surface area contributed by atoms with Crippen LogP contribution in [0.4, 0.5) is 5.69 Å². The Morgan fingerprint density at radius 1 is 1.08 bits per heavy atom. The van der Waals surface area contributed by atoms with E-state index in [1.807, 2.05) is 6.07 Å². The standard InChI is InChI=1S/C28H32N6O2/c1-4-18-15-21-22(16-23(18)32-7-9-33(10-8-32)34-11-13-36-14-12-34)28(2,3)26-24(25(21)35)20-6-5-19(17-29)30-27(20)31-26/h5-6,15-16H,4,7-14H2,1-3H3,(H,30,31). The van der Waals surface area contributed by atoms with Gasteiger partial charge in [0.05, 0.1) is 18.8 Å². The molecule has 1 N–H and O–H groups in total. The number of H-pyrrole nitrogens is 1. The Morgan fingerprint density at radius 2 is 1.81 bits per heavy atom. The van der Waals surface area contributed by atoms with E-state index < -0.39 is 5.41 Å². The maximum absolute atomic E-state index is 13.9.